The molecule has 100 valence electrons. The van der Waals surface area contributed by atoms with E-state index in [0.717, 1.165) is 6.42 Å². The Morgan fingerprint density at radius 1 is 1.44 bits per heavy atom. The summed E-state index contributed by atoms with van der Waals surface area (Å²) in [5.74, 6) is 1.16. The minimum absolute atomic E-state index is 0.146. The second kappa shape index (κ2) is 4.76. The molecule has 1 saturated carbocycles. The van der Waals surface area contributed by atoms with Crippen molar-refractivity contribution in [2.45, 2.75) is 38.7 Å². The molecule has 1 aromatic heterocycles. The molecular formula is C14H20O4. The van der Waals surface area contributed by atoms with Crippen molar-refractivity contribution in [1.29, 1.82) is 0 Å². The van der Waals surface area contributed by atoms with Gasteiger partial charge in [-0.3, -0.25) is 0 Å². The van der Waals surface area contributed by atoms with Crippen LogP contribution in [0.25, 0.3) is 0 Å². The summed E-state index contributed by atoms with van der Waals surface area (Å²) >= 11 is 0. The van der Waals surface area contributed by atoms with Gasteiger partial charge in [0.2, 0.25) is 5.76 Å². The van der Waals surface area contributed by atoms with Crippen LogP contribution in [0, 0.1) is 11.8 Å². The van der Waals surface area contributed by atoms with E-state index in [1.807, 2.05) is 0 Å². The molecule has 0 aromatic carbocycles. The van der Waals surface area contributed by atoms with Gasteiger partial charge in [0.15, 0.2) is 0 Å². The predicted molar refractivity (Wildman–Crippen MR) is 66.1 cm³/mol. The van der Waals surface area contributed by atoms with Crippen LogP contribution in [0.5, 0.6) is 0 Å². The Hall–Kier alpha value is -1.29. The Bertz CT molecular complexity index is 437. The van der Waals surface area contributed by atoms with Gasteiger partial charge in [-0.25, -0.2) is 4.79 Å². The summed E-state index contributed by atoms with van der Waals surface area (Å²) in [5, 5.41) is 10.7. The van der Waals surface area contributed by atoms with Crippen molar-refractivity contribution in [3.63, 3.8) is 0 Å². The zero-order chi connectivity index (χ0) is 13.3. The molecule has 3 unspecified atom stereocenters. The molecule has 1 heterocycles. The van der Waals surface area contributed by atoms with Gasteiger partial charge in [-0.2, -0.15) is 0 Å². The van der Waals surface area contributed by atoms with E-state index in [2.05, 4.69) is 18.6 Å². The van der Waals surface area contributed by atoms with E-state index >= 15 is 0 Å². The molecule has 1 aliphatic rings. The highest BCUT2D eigenvalue weighted by Gasteiger charge is 2.40. The Balaban J connectivity index is 2.20. The first kappa shape index (κ1) is 13.1. The van der Waals surface area contributed by atoms with Crippen LogP contribution in [0.2, 0.25) is 0 Å². The summed E-state index contributed by atoms with van der Waals surface area (Å²) in [6.45, 7) is 4.34. The number of carbonyl (C=O) groups excluding carboxylic acids is 1. The summed E-state index contributed by atoms with van der Waals surface area (Å²) in [5.41, 5.74) is -0.946. The molecule has 0 bridgehead atoms. The van der Waals surface area contributed by atoms with Crippen molar-refractivity contribution in [1.82, 2.24) is 0 Å². The smallest absolute Gasteiger partial charge is 0.373 e. The first-order valence-electron chi connectivity index (χ1n) is 6.37. The topological polar surface area (TPSA) is 59.7 Å². The summed E-state index contributed by atoms with van der Waals surface area (Å²) in [4.78, 5) is 11.3. The maximum absolute atomic E-state index is 11.3. The zero-order valence-electron chi connectivity index (χ0n) is 11.1. The lowest BCUT2D eigenvalue weighted by Gasteiger charge is -2.37. The fourth-order valence-electron chi connectivity index (χ4n) is 2.61. The number of methoxy groups -OCH3 is 1. The average molecular weight is 252 g/mol. The molecule has 1 N–H and O–H groups in total. The van der Waals surface area contributed by atoms with Gasteiger partial charge >= 0.3 is 5.97 Å². The molecular weight excluding hydrogens is 232 g/mol. The highest BCUT2D eigenvalue weighted by molar-refractivity contribution is 5.86. The van der Waals surface area contributed by atoms with Crippen LogP contribution >= 0.6 is 0 Å². The van der Waals surface area contributed by atoms with Gasteiger partial charge in [-0.05, 0) is 43.2 Å². The summed E-state index contributed by atoms with van der Waals surface area (Å²) < 4.78 is 10.0. The van der Waals surface area contributed by atoms with E-state index in [-0.39, 0.29) is 5.76 Å². The monoisotopic (exact) mass is 252 g/mol. The molecule has 1 aromatic rings. The van der Waals surface area contributed by atoms with Crippen LogP contribution in [0.1, 0.15) is 49.4 Å². The molecule has 18 heavy (non-hydrogen) atoms. The second-order valence-corrected chi connectivity index (χ2v) is 5.38. The van der Waals surface area contributed by atoms with Gasteiger partial charge in [0, 0.05) is 0 Å². The maximum Gasteiger partial charge on any atom is 0.373 e. The molecule has 4 heteroatoms. The summed E-state index contributed by atoms with van der Waals surface area (Å²) in [6.07, 6.45) is 2.31. The number of rotatable bonds is 2. The number of furan rings is 1. The van der Waals surface area contributed by atoms with Crippen molar-refractivity contribution < 1.29 is 19.1 Å². The number of esters is 1. The lowest BCUT2D eigenvalue weighted by Crippen LogP contribution is -2.34. The number of aliphatic hydroxyl groups is 1. The quantitative estimate of drug-likeness (QED) is 0.822. The highest BCUT2D eigenvalue weighted by atomic mass is 16.5. The van der Waals surface area contributed by atoms with E-state index in [0.29, 0.717) is 30.4 Å². The van der Waals surface area contributed by atoms with Crippen LogP contribution in [0.3, 0.4) is 0 Å². The second-order valence-electron chi connectivity index (χ2n) is 5.38. The predicted octanol–water partition coefficient (Wildman–Crippen LogP) is 2.71. The van der Waals surface area contributed by atoms with Crippen LogP contribution in [-0.2, 0) is 10.3 Å². The van der Waals surface area contributed by atoms with E-state index < -0.39 is 11.6 Å². The molecule has 0 radical (unpaired) electrons. The van der Waals surface area contributed by atoms with E-state index in [4.69, 9.17) is 4.42 Å². The third-order valence-electron chi connectivity index (χ3n) is 4.10. The SMILES string of the molecule is COC(=O)c1ccc(C2(O)CCC(C)C(C)C2)o1. The summed E-state index contributed by atoms with van der Waals surface area (Å²) in [7, 11) is 1.31. The Labute approximate surface area is 107 Å². The van der Waals surface area contributed by atoms with Crippen LogP contribution < -0.4 is 0 Å². The molecule has 2 rings (SSSR count). The van der Waals surface area contributed by atoms with E-state index in [1.54, 1.807) is 12.1 Å². The molecule has 0 aliphatic heterocycles. The van der Waals surface area contributed by atoms with Gasteiger partial charge < -0.3 is 14.3 Å². The molecule has 0 saturated heterocycles. The van der Waals surface area contributed by atoms with E-state index in [9.17, 15) is 9.90 Å². The number of hydrogen-bond donors (Lipinski definition) is 1. The molecule has 3 atom stereocenters. The normalized spacial score (nSPS) is 32.2. The van der Waals surface area contributed by atoms with Crippen molar-refractivity contribution in [2.24, 2.45) is 11.8 Å². The molecule has 0 spiro atoms. The van der Waals surface area contributed by atoms with Gasteiger partial charge in [-0.1, -0.05) is 13.8 Å². The van der Waals surface area contributed by atoms with Gasteiger partial charge in [-0.15, -0.1) is 0 Å². The molecule has 1 fully saturated rings. The Morgan fingerprint density at radius 2 is 2.17 bits per heavy atom. The van der Waals surface area contributed by atoms with Gasteiger partial charge in [0.05, 0.1) is 7.11 Å². The van der Waals surface area contributed by atoms with Crippen LogP contribution in [-0.4, -0.2) is 18.2 Å². The highest BCUT2D eigenvalue weighted by Crippen LogP contribution is 2.42. The number of hydrogen-bond acceptors (Lipinski definition) is 4. The fraction of sp³-hybridized carbons (Fsp3) is 0.643. The first-order valence-corrected chi connectivity index (χ1v) is 6.37. The fourth-order valence-corrected chi connectivity index (χ4v) is 2.61. The minimum atomic E-state index is -0.946. The maximum atomic E-state index is 11.3. The van der Waals surface area contributed by atoms with Gasteiger partial charge in [0.1, 0.15) is 11.4 Å². The standard InChI is InChI=1S/C14H20O4/c1-9-6-7-14(16,8-10(9)2)12-5-4-11(18-12)13(15)17-3/h4-5,9-10,16H,6-8H2,1-3H3. The summed E-state index contributed by atoms with van der Waals surface area (Å²) in [6, 6.07) is 3.23. The zero-order valence-corrected chi connectivity index (χ0v) is 11.1. The van der Waals surface area contributed by atoms with Crippen molar-refractivity contribution in [2.75, 3.05) is 7.11 Å². The molecule has 1 aliphatic carbocycles. The molecule has 4 nitrogen and oxygen atoms in total. The molecule has 0 amide bonds. The van der Waals surface area contributed by atoms with E-state index in [1.165, 1.54) is 7.11 Å². The minimum Gasteiger partial charge on any atom is -0.463 e. The Kier molecular flexibility index (Phi) is 3.48. The van der Waals surface area contributed by atoms with Crippen LogP contribution in [0.15, 0.2) is 16.5 Å². The third kappa shape index (κ3) is 2.29. The number of ether oxygens (including phenoxy) is 1. The average Bonchev–Trinajstić information content (AvgIpc) is 2.83. The third-order valence-corrected chi connectivity index (χ3v) is 4.10. The van der Waals surface area contributed by atoms with Crippen molar-refractivity contribution >= 4 is 5.97 Å². The lowest BCUT2D eigenvalue weighted by molar-refractivity contribution is -0.0504. The van der Waals surface area contributed by atoms with Gasteiger partial charge in [0.25, 0.3) is 0 Å². The van der Waals surface area contributed by atoms with Crippen LogP contribution in [0.4, 0.5) is 0 Å². The lowest BCUT2D eigenvalue weighted by atomic mass is 9.72. The largest absolute Gasteiger partial charge is 0.463 e. The van der Waals surface area contributed by atoms with Crippen molar-refractivity contribution in [3.8, 4) is 0 Å². The first-order chi connectivity index (χ1) is 8.46. The number of carbonyl (C=O) groups is 1. The van der Waals surface area contributed by atoms with Crippen molar-refractivity contribution in [3.05, 3.63) is 23.7 Å². The Morgan fingerprint density at radius 3 is 2.78 bits per heavy atom.